The van der Waals surface area contributed by atoms with E-state index in [1.807, 2.05) is 0 Å². The lowest BCUT2D eigenvalue weighted by molar-refractivity contribution is -0.145. The zero-order valence-corrected chi connectivity index (χ0v) is 8.09. The first kappa shape index (κ1) is 9.64. The second kappa shape index (κ2) is 4.08. The van der Waals surface area contributed by atoms with Crippen LogP contribution in [0.2, 0.25) is 0 Å². The Labute approximate surface area is 86.9 Å². The van der Waals surface area contributed by atoms with Gasteiger partial charge >= 0.3 is 5.97 Å². The average molecular weight is 205 g/mol. The monoisotopic (exact) mass is 205 g/mol. The zero-order valence-electron chi connectivity index (χ0n) is 8.09. The number of nitrogens with zero attached hydrogens (tertiary/aromatic N) is 2. The quantitative estimate of drug-likeness (QED) is 0.340. The van der Waals surface area contributed by atoms with Crippen LogP contribution in [0.1, 0.15) is 18.5 Å². The number of nitrogens with two attached hydrogens (primary N) is 1. The highest BCUT2D eigenvalue weighted by atomic mass is 16.7. The predicted octanol–water partition coefficient (Wildman–Crippen LogP) is 0.655. The van der Waals surface area contributed by atoms with Crippen LogP contribution in [0.5, 0.6) is 0 Å². The molecule has 1 heterocycles. The van der Waals surface area contributed by atoms with E-state index in [2.05, 4.69) is 15.0 Å². The Morgan fingerprint density at radius 1 is 1.53 bits per heavy atom. The highest BCUT2D eigenvalue weighted by molar-refractivity contribution is 5.95. The molecule has 1 aromatic heterocycles. The number of aromatic nitrogens is 1. The van der Waals surface area contributed by atoms with E-state index in [0.717, 1.165) is 12.8 Å². The van der Waals surface area contributed by atoms with Crippen molar-refractivity contribution < 1.29 is 9.63 Å². The van der Waals surface area contributed by atoms with Crippen LogP contribution in [0.25, 0.3) is 0 Å². The molecule has 78 valence electrons. The SMILES string of the molecule is N/C(=N/OC(=O)C1CC1)c1ccccn1. The highest BCUT2D eigenvalue weighted by Gasteiger charge is 2.31. The molecule has 5 heteroatoms. The first-order chi connectivity index (χ1) is 7.27. The van der Waals surface area contributed by atoms with Gasteiger partial charge in [-0.05, 0) is 25.0 Å². The van der Waals surface area contributed by atoms with Crippen LogP contribution in [-0.2, 0) is 9.63 Å². The van der Waals surface area contributed by atoms with Crippen molar-refractivity contribution in [3.05, 3.63) is 30.1 Å². The standard InChI is InChI=1S/C10H11N3O2/c11-9(8-3-1-2-6-12-8)13-15-10(14)7-4-5-7/h1-3,6-7H,4-5H2,(H2,11,13). The number of pyridine rings is 1. The summed E-state index contributed by atoms with van der Waals surface area (Å²) in [5.74, 6) is -0.177. The number of hydrogen-bond acceptors (Lipinski definition) is 4. The molecule has 1 aliphatic carbocycles. The summed E-state index contributed by atoms with van der Waals surface area (Å²) in [7, 11) is 0. The normalized spacial score (nSPS) is 16.1. The van der Waals surface area contributed by atoms with Crippen LogP contribution >= 0.6 is 0 Å². The molecule has 0 amide bonds. The van der Waals surface area contributed by atoms with Crippen molar-refractivity contribution in [3.8, 4) is 0 Å². The van der Waals surface area contributed by atoms with Gasteiger partial charge in [0.2, 0.25) is 0 Å². The van der Waals surface area contributed by atoms with Gasteiger partial charge in [0.1, 0.15) is 5.69 Å². The Kier molecular flexibility index (Phi) is 2.62. The van der Waals surface area contributed by atoms with Crippen LogP contribution < -0.4 is 5.73 Å². The van der Waals surface area contributed by atoms with E-state index >= 15 is 0 Å². The van der Waals surface area contributed by atoms with E-state index in [9.17, 15) is 4.79 Å². The molecule has 0 spiro atoms. The summed E-state index contributed by atoms with van der Waals surface area (Å²) in [6, 6.07) is 5.25. The summed E-state index contributed by atoms with van der Waals surface area (Å²) in [6.07, 6.45) is 3.37. The molecule has 1 aliphatic rings. The van der Waals surface area contributed by atoms with Crippen LogP contribution in [0.3, 0.4) is 0 Å². The Hall–Kier alpha value is -1.91. The minimum absolute atomic E-state index is 0.0188. The predicted molar refractivity (Wildman–Crippen MR) is 53.8 cm³/mol. The second-order valence-corrected chi connectivity index (χ2v) is 3.38. The molecule has 2 rings (SSSR count). The van der Waals surface area contributed by atoms with Gasteiger partial charge in [-0.1, -0.05) is 11.2 Å². The Morgan fingerprint density at radius 2 is 2.33 bits per heavy atom. The van der Waals surface area contributed by atoms with Gasteiger partial charge in [-0.2, -0.15) is 0 Å². The molecule has 2 N–H and O–H groups in total. The van der Waals surface area contributed by atoms with Gasteiger partial charge in [0.15, 0.2) is 5.84 Å². The number of oxime groups is 1. The molecule has 0 saturated heterocycles. The molecule has 15 heavy (non-hydrogen) atoms. The van der Waals surface area contributed by atoms with E-state index in [0.29, 0.717) is 5.69 Å². The van der Waals surface area contributed by atoms with Crippen molar-refractivity contribution in [1.29, 1.82) is 0 Å². The van der Waals surface area contributed by atoms with Crippen molar-refractivity contribution in [2.75, 3.05) is 0 Å². The van der Waals surface area contributed by atoms with E-state index in [-0.39, 0.29) is 17.7 Å². The van der Waals surface area contributed by atoms with Crippen LogP contribution in [0.15, 0.2) is 29.6 Å². The van der Waals surface area contributed by atoms with Gasteiger partial charge in [0, 0.05) is 6.20 Å². The third kappa shape index (κ3) is 2.52. The average Bonchev–Trinajstić information content (AvgIpc) is 3.10. The lowest BCUT2D eigenvalue weighted by Crippen LogP contribution is -2.16. The summed E-state index contributed by atoms with van der Waals surface area (Å²) in [5.41, 5.74) is 6.08. The summed E-state index contributed by atoms with van der Waals surface area (Å²) in [5, 5.41) is 3.54. The van der Waals surface area contributed by atoms with E-state index in [1.54, 1.807) is 24.4 Å². The summed E-state index contributed by atoms with van der Waals surface area (Å²) >= 11 is 0. The molecule has 0 aromatic carbocycles. The zero-order chi connectivity index (χ0) is 10.7. The van der Waals surface area contributed by atoms with Gasteiger partial charge in [-0.3, -0.25) is 4.98 Å². The minimum Gasteiger partial charge on any atom is -0.379 e. The van der Waals surface area contributed by atoms with Gasteiger partial charge in [-0.15, -0.1) is 0 Å². The fourth-order valence-corrected chi connectivity index (χ4v) is 1.05. The summed E-state index contributed by atoms with van der Waals surface area (Å²) in [6.45, 7) is 0. The molecule has 0 atom stereocenters. The van der Waals surface area contributed by atoms with Crippen molar-refractivity contribution in [1.82, 2.24) is 4.98 Å². The van der Waals surface area contributed by atoms with Crippen molar-refractivity contribution in [2.24, 2.45) is 16.8 Å². The number of carbonyl (C=O) groups is 1. The smallest absolute Gasteiger partial charge is 0.338 e. The van der Waals surface area contributed by atoms with Crippen LogP contribution in [0, 0.1) is 5.92 Å². The first-order valence-corrected chi connectivity index (χ1v) is 4.73. The van der Waals surface area contributed by atoms with E-state index < -0.39 is 0 Å². The van der Waals surface area contributed by atoms with E-state index in [4.69, 9.17) is 5.73 Å². The number of amidine groups is 1. The number of rotatable bonds is 3. The number of carbonyl (C=O) groups excluding carboxylic acids is 1. The molecule has 1 saturated carbocycles. The summed E-state index contributed by atoms with van der Waals surface area (Å²) in [4.78, 5) is 19.8. The van der Waals surface area contributed by atoms with Gasteiger partial charge in [0.25, 0.3) is 0 Å². The van der Waals surface area contributed by atoms with Gasteiger partial charge < -0.3 is 10.6 Å². The highest BCUT2D eigenvalue weighted by Crippen LogP contribution is 2.30. The lowest BCUT2D eigenvalue weighted by atomic mass is 10.3. The Morgan fingerprint density at radius 3 is 2.93 bits per heavy atom. The largest absolute Gasteiger partial charge is 0.379 e. The first-order valence-electron chi connectivity index (χ1n) is 4.73. The van der Waals surface area contributed by atoms with Gasteiger partial charge in [-0.25, -0.2) is 4.79 Å². The number of hydrogen-bond donors (Lipinski definition) is 1. The molecule has 1 fully saturated rings. The molecule has 0 aliphatic heterocycles. The summed E-state index contributed by atoms with van der Waals surface area (Å²) < 4.78 is 0. The Bertz CT molecular complexity index is 385. The molecule has 1 aromatic rings. The van der Waals surface area contributed by atoms with Crippen LogP contribution in [0.4, 0.5) is 0 Å². The van der Waals surface area contributed by atoms with E-state index in [1.165, 1.54) is 0 Å². The molecule has 0 bridgehead atoms. The fourth-order valence-electron chi connectivity index (χ4n) is 1.05. The van der Waals surface area contributed by atoms with Crippen LogP contribution in [-0.4, -0.2) is 16.8 Å². The maximum atomic E-state index is 11.1. The van der Waals surface area contributed by atoms with Gasteiger partial charge in [0.05, 0.1) is 5.92 Å². The third-order valence-corrected chi connectivity index (χ3v) is 2.07. The van der Waals surface area contributed by atoms with Crippen molar-refractivity contribution >= 4 is 11.8 Å². The fraction of sp³-hybridized carbons (Fsp3) is 0.300. The minimum atomic E-state index is -0.311. The molecule has 0 radical (unpaired) electrons. The van der Waals surface area contributed by atoms with Crippen molar-refractivity contribution in [2.45, 2.75) is 12.8 Å². The third-order valence-electron chi connectivity index (χ3n) is 2.07. The van der Waals surface area contributed by atoms with Crippen molar-refractivity contribution in [3.63, 3.8) is 0 Å². The Balaban J connectivity index is 1.97. The second-order valence-electron chi connectivity index (χ2n) is 3.38. The molecular weight excluding hydrogens is 194 g/mol. The molecule has 5 nitrogen and oxygen atoms in total. The maximum absolute atomic E-state index is 11.1. The maximum Gasteiger partial charge on any atom is 0.338 e. The molecule has 0 unspecified atom stereocenters. The lowest BCUT2D eigenvalue weighted by Gasteiger charge is -1.98. The topological polar surface area (TPSA) is 77.6 Å². The molecular formula is C10H11N3O2.